The van der Waals surface area contributed by atoms with Crippen LogP contribution in [-0.2, 0) is 24.0 Å². The molecule has 14 nitrogen and oxygen atoms in total. The number of primary amides is 1. The average Bonchev–Trinajstić information content (AvgIpc) is 2.80. The lowest BCUT2D eigenvalue weighted by atomic mass is 9.98. The molecule has 37 heavy (non-hydrogen) atoms. The van der Waals surface area contributed by atoms with E-state index in [-0.39, 0.29) is 50.0 Å². The molecule has 0 aromatic carbocycles. The highest BCUT2D eigenvalue weighted by atomic mass is 16.4. The summed E-state index contributed by atoms with van der Waals surface area (Å²) >= 11 is 0. The van der Waals surface area contributed by atoms with Gasteiger partial charge in [-0.1, -0.05) is 34.1 Å². The first kappa shape index (κ1) is 33.6. The summed E-state index contributed by atoms with van der Waals surface area (Å²) in [7, 11) is 0. The summed E-state index contributed by atoms with van der Waals surface area (Å²) < 4.78 is 0. The first-order chi connectivity index (χ1) is 17.2. The van der Waals surface area contributed by atoms with Crippen LogP contribution in [0.1, 0.15) is 66.2 Å². The number of nitrogens with one attached hydrogen (secondary N) is 3. The van der Waals surface area contributed by atoms with E-state index < -0.39 is 53.8 Å². The van der Waals surface area contributed by atoms with Gasteiger partial charge in [0.1, 0.15) is 18.1 Å². The van der Waals surface area contributed by atoms with Crippen molar-refractivity contribution in [2.75, 3.05) is 6.54 Å². The van der Waals surface area contributed by atoms with Gasteiger partial charge in [0.25, 0.3) is 0 Å². The van der Waals surface area contributed by atoms with Crippen LogP contribution in [0.5, 0.6) is 0 Å². The van der Waals surface area contributed by atoms with E-state index in [0.717, 1.165) is 0 Å². The van der Waals surface area contributed by atoms with Crippen LogP contribution in [0.25, 0.3) is 0 Å². The van der Waals surface area contributed by atoms with Gasteiger partial charge in [0.2, 0.25) is 23.6 Å². The van der Waals surface area contributed by atoms with Crippen LogP contribution in [0.15, 0.2) is 4.99 Å². The van der Waals surface area contributed by atoms with Crippen LogP contribution < -0.4 is 38.9 Å². The van der Waals surface area contributed by atoms with Gasteiger partial charge in [-0.3, -0.25) is 24.2 Å². The number of carbonyl (C=O) groups excluding carboxylic acids is 4. The van der Waals surface area contributed by atoms with Gasteiger partial charge in [-0.2, -0.15) is 0 Å². The molecular formula is C23H44N8O6. The zero-order valence-corrected chi connectivity index (χ0v) is 22.2. The van der Waals surface area contributed by atoms with Crippen molar-refractivity contribution in [2.45, 2.75) is 90.4 Å². The van der Waals surface area contributed by atoms with Crippen molar-refractivity contribution in [3.8, 4) is 0 Å². The lowest BCUT2D eigenvalue weighted by Gasteiger charge is -2.26. The minimum absolute atomic E-state index is 0.0282. The second-order valence-electron chi connectivity index (χ2n) is 9.52. The molecule has 0 saturated heterocycles. The van der Waals surface area contributed by atoms with E-state index in [0.29, 0.717) is 12.8 Å². The van der Waals surface area contributed by atoms with E-state index in [4.69, 9.17) is 22.9 Å². The monoisotopic (exact) mass is 528 g/mol. The second-order valence-corrected chi connectivity index (χ2v) is 9.52. The fraction of sp³-hybridized carbons (Fsp3) is 0.739. The molecule has 14 heteroatoms. The van der Waals surface area contributed by atoms with Gasteiger partial charge in [-0.15, -0.1) is 0 Å². The predicted octanol–water partition coefficient (Wildman–Crippen LogP) is -1.74. The maximum Gasteiger partial charge on any atom is 0.326 e. The number of carbonyl (C=O) groups is 5. The molecule has 0 radical (unpaired) electrons. The van der Waals surface area contributed by atoms with Gasteiger partial charge in [-0.25, -0.2) is 4.79 Å². The van der Waals surface area contributed by atoms with Crippen LogP contribution in [0, 0.1) is 11.8 Å². The maximum atomic E-state index is 13.2. The van der Waals surface area contributed by atoms with Crippen molar-refractivity contribution in [3.05, 3.63) is 0 Å². The number of hydrogen-bond donors (Lipinski definition) is 8. The summed E-state index contributed by atoms with van der Waals surface area (Å²) in [6, 6.07) is -4.41. The summed E-state index contributed by atoms with van der Waals surface area (Å²) in [5, 5.41) is 17.0. The number of rotatable bonds is 18. The van der Waals surface area contributed by atoms with Crippen molar-refractivity contribution in [3.63, 3.8) is 0 Å². The Hall–Kier alpha value is -3.42. The normalized spacial score (nSPS) is 15.0. The molecule has 0 bridgehead atoms. The number of nitrogens with zero attached hydrogens (tertiary/aromatic N) is 1. The molecule has 0 spiro atoms. The van der Waals surface area contributed by atoms with E-state index in [1.165, 1.54) is 0 Å². The molecule has 212 valence electrons. The quantitative estimate of drug-likeness (QED) is 0.0569. The number of carboxylic acid groups (broad SMARTS) is 1. The zero-order valence-electron chi connectivity index (χ0n) is 22.2. The molecule has 0 aliphatic carbocycles. The molecule has 12 N–H and O–H groups in total. The van der Waals surface area contributed by atoms with Crippen molar-refractivity contribution in [1.29, 1.82) is 0 Å². The van der Waals surface area contributed by atoms with E-state index in [1.54, 1.807) is 20.8 Å². The second kappa shape index (κ2) is 17.1. The van der Waals surface area contributed by atoms with Gasteiger partial charge >= 0.3 is 5.97 Å². The lowest BCUT2D eigenvalue weighted by Crippen LogP contribution is -2.57. The standard InChI is InChI=1S/C23H44N8O6/c1-5-13(4)18(25)21(35)30-14(7-6-10-28-23(26)27)19(33)29-15(8-9-17(24)32)20(34)31-16(22(36)37)11-12(2)3/h12-16,18H,5-11,25H2,1-4H3,(H2,24,32)(H,29,33)(H,30,35)(H,31,34)(H,36,37)(H4,26,27,28). The highest BCUT2D eigenvalue weighted by Crippen LogP contribution is 2.09. The van der Waals surface area contributed by atoms with E-state index in [9.17, 15) is 29.1 Å². The highest BCUT2D eigenvalue weighted by Gasteiger charge is 2.31. The lowest BCUT2D eigenvalue weighted by molar-refractivity contribution is -0.143. The first-order valence-electron chi connectivity index (χ1n) is 12.4. The van der Waals surface area contributed by atoms with Gasteiger partial charge < -0.3 is 44.0 Å². The smallest absolute Gasteiger partial charge is 0.326 e. The molecule has 0 aliphatic rings. The summed E-state index contributed by atoms with van der Waals surface area (Å²) in [6.45, 7) is 7.48. The van der Waals surface area contributed by atoms with Crippen LogP contribution in [0.4, 0.5) is 0 Å². The Morgan fingerprint density at radius 2 is 1.35 bits per heavy atom. The third-order valence-electron chi connectivity index (χ3n) is 5.77. The van der Waals surface area contributed by atoms with Crippen LogP contribution in [0.3, 0.4) is 0 Å². The number of amides is 4. The van der Waals surface area contributed by atoms with Crippen molar-refractivity contribution in [1.82, 2.24) is 16.0 Å². The predicted molar refractivity (Wildman–Crippen MR) is 139 cm³/mol. The summed E-state index contributed by atoms with van der Waals surface area (Å²) in [4.78, 5) is 65.5. The minimum Gasteiger partial charge on any atom is -0.480 e. The Morgan fingerprint density at radius 1 is 0.838 bits per heavy atom. The number of guanidine groups is 1. The number of aliphatic carboxylic acids is 1. The Labute approximate surface area is 217 Å². The number of aliphatic imine (C=N–C) groups is 1. The zero-order chi connectivity index (χ0) is 28.7. The van der Waals surface area contributed by atoms with E-state index in [2.05, 4.69) is 20.9 Å². The summed E-state index contributed by atoms with van der Waals surface area (Å²) in [6.07, 6.45) is 0.850. The number of nitrogens with two attached hydrogens (primary N) is 4. The highest BCUT2D eigenvalue weighted by molar-refractivity contribution is 5.94. The first-order valence-corrected chi connectivity index (χ1v) is 12.4. The van der Waals surface area contributed by atoms with Crippen LogP contribution in [0.2, 0.25) is 0 Å². The van der Waals surface area contributed by atoms with Gasteiger partial charge in [0.05, 0.1) is 6.04 Å². The van der Waals surface area contributed by atoms with E-state index in [1.807, 2.05) is 6.92 Å². The Balaban J connectivity index is 5.73. The molecule has 5 atom stereocenters. The third-order valence-corrected chi connectivity index (χ3v) is 5.77. The molecule has 0 aliphatic heterocycles. The summed E-state index contributed by atoms with van der Waals surface area (Å²) in [5.74, 6) is -4.28. The molecule has 4 amide bonds. The van der Waals surface area contributed by atoms with Gasteiger partial charge in [-0.05, 0) is 37.5 Å². The minimum atomic E-state index is -1.27. The Morgan fingerprint density at radius 3 is 1.81 bits per heavy atom. The third kappa shape index (κ3) is 14.0. The fourth-order valence-corrected chi connectivity index (χ4v) is 3.35. The molecular weight excluding hydrogens is 484 g/mol. The van der Waals surface area contributed by atoms with Crippen molar-refractivity contribution >= 4 is 35.6 Å². The SMILES string of the molecule is CCC(C)C(N)C(=O)NC(CCCN=C(N)N)C(=O)NC(CCC(N)=O)C(=O)NC(CC(C)C)C(=O)O. The Kier molecular flexibility index (Phi) is 15.5. The largest absolute Gasteiger partial charge is 0.480 e. The topological polar surface area (TPSA) is 258 Å². The molecule has 0 aromatic rings. The molecule has 5 unspecified atom stereocenters. The average molecular weight is 529 g/mol. The molecule has 0 fully saturated rings. The number of carboxylic acids is 1. The molecule has 0 rings (SSSR count). The Bertz CT molecular complexity index is 815. The fourth-order valence-electron chi connectivity index (χ4n) is 3.35. The van der Waals surface area contributed by atoms with Gasteiger partial charge in [0, 0.05) is 13.0 Å². The van der Waals surface area contributed by atoms with E-state index >= 15 is 0 Å². The van der Waals surface area contributed by atoms with Crippen molar-refractivity contribution < 1.29 is 29.1 Å². The van der Waals surface area contributed by atoms with Crippen LogP contribution >= 0.6 is 0 Å². The van der Waals surface area contributed by atoms with Crippen LogP contribution in [-0.4, -0.2) is 71.4 Å². The molecule has 0 heterocycles. The van der Waals surface area contributed by atoms with Crippen molar-refractivity contribution in [2.24, 2.45) is 39.8 Å². The molecule has 0 aromatic heterocycles. The summed E-state index contributed by atoms with van der Waals surface area (Å²) in [5.41, 5.74) is 21.9. The van der Waals surface area contributed by atoms with Gasteiger partial charge in [0.15, 0.2) is 5.96 Å². The number of hydrogen-bond acceptors (Lipinski definition) is 7. The molecule has 0 saturated carbocycles. The maximum absolute atomic E-state index is 13.2.